The smallest absolute Gasteiger partial charge is 0.407 e. The number of rotatable bonds is 6. The number of carboxylic acid groups (broad SMARTS) is 1. The first-order valence-electron chi connectivity index (χ1n) is 10.3. The van der Waals surface area contributed by atoms with Crippen LogP contribution in [0.25, 0.3) is 11.1 Å². The van der Waals surface area contributed by atoms with Crippen molar-refractivity contribution in [2.24, 2.45) is 0 Å². The molecule has 0 unspecified atom stereocenters. The van der Waals surface area contributed by atoms with Crippen molar-refractivity contribution in [2.45, 2.75) is 18.9 Å². The van der Waals surface area contributed by atoms with Gasteiger partial charge in [-0.25, -0.2) is 14.0 Å². The number of alkyl carbamates (subject to hydrolysis) is 1. The van der Waals surface area contributed by atoms with Gasteiger partial charge in [0, 0.05) is 5.92 Å². The summed E-state index contributed by atoms with van der Waals surface area (Å²) in [4.78, 5) is 36.1. The molecule has 3 aromatic carbocycles. The van der Waals surface area contributed by atoms with Gasteiger partial charge >= 0.3 is 12.1 Å². The van der Waals surface area contributed by atoms with Crippen LogP contribution in [0.15, 0.2) is 66.7 Å². The number of aromatic carboxylic acids is 1. The molecule has 0 bridgehead atoms. The van der Waals surface area contributed by atoms with Crippen molar-refractivity contribution in [3.63, 3.8) is 0 Å². The molecule has 3 aromatic rings. The molecule has 33 heavy (non-hydrogen) atoms. The summed E-state index contributed by atoms with van der Waals surface area (Å²) in [5.41, 5.74) is 3.46. The van der Waals surface area contributed by atoms with Crippen molar-refractivity contribution < 1.29 is 28.6 Å². The van der Waals surface area contributed by atoms with Gasteiger partial charge in [-0.3, -0.25) is 4.79 Å². The van der Waals surface area contributed by atoms with Crippen LogP contribution in [0.5, 0.6) is 0 Å². The fraction of sp³-hybridized carbons (Fsp3) is 0.160. The molecule has 168 valence electrons. The number of ether oxygens (including phenoxy) is 1. The van der Waals surface area contributed by atoms with E-state index < -0.39 is 35.4 Å². The second-order valence-corrected chi connectivity index (χ2v) is 7.65. The van der Waals surface area contributed by atoms with Crippen LogP contribution in [0.2, 0.25) is 0 Å². The zero-order valence-electron chi connectivity index (χ0n) is 17.7. The number of carbonyl (C=O) groups excluding carboxylic acids is 2. The Kier molecular flexibility index (Phi) is 6.08. The van der Waals surface area contributed by atoms with Gasteiger partial charge in [-0.2, -0.15) is 0 Å². The van der Waals surface area contributed by atoms with E-state index >= 15 is 0 Å². The highest BCUT2D eigenvalue weighted by Gasteiger charge is 2.29. The monoisotopic (exact) mass is 448 g/mol. The Bertz CT molecular complexity index is 1200. The zero-order valence-corrected chi connectivity index (χ0v) is 17.7. The third kappa shape index (κ3) is 4.41. The highest BCUT2D eigenvalue weighted by molar-refractivity contribution is 6.02. The van der Waals surface area contributed by atoms with Crippen molar-refractivity contribution in [1.29, 1.82) is 0 Å². The van der Waals surface area contributed by atoms with Crippen LogP contribution >= 0.6 is 0 Å². The lowest BCUT2D eigenvalue weighted by Gasteiger charge is -2.17. The van der Waals surface area contributed by atoms with Gasteiger partial charge in [0.15, 0.2) is 0 Å². The Morgan fingerprint density at radius 1 is 0.970 bits per heavy atom. The molecule has 0 saturated heterocycles. The maximum atomic E-state index is 13.8. The van der Waals surface area contributed by atoms with Gasteiger partial charge in [-0.05, 0) is 41.3 Å². The Hall–Kier alpha value is -4.20. The van der Waals surface area contributed by atoms with Crippen LogP contribution in [0.1, 0.15) is 34.3 Å². The third-order valence-electron chi connectivity index (χ3n) is 5.56. The van der Waals surface area contributed by atoms with Gasteiger partial charge in [-0.1, -0.05) is 54.6 Å². The van der Waals surface area contributed by atoms with Crippen molar-refractivity contribution in [1.82, 2.24) is 5.32 Å². The average molecular weight is 448 g/mol. The molecule has 0 spiro atoms. The maximum absolute atomic E-state index is 13.8. The molecule has 3 N–H and O–H groups in total. The van der Waals surface area contributed by atoms with Crippen molar-refractivity contribution >= 4 is 23.7 Å². The summed E-state index contributed by atoms with van der Waals surface area (Å²) >= 11 is 0. The molecule has 0 radical (unpaired) electrons. The minimum atomic E-state index is -1.51. The number of fused-ring (bicyclic) bond motifs is 3. The van der Waals surface area contributed by atoms with Crippen LogP contribution in [-0.2, 0) is 9.53 Å². The highest BCUT2D eigenvalue weighted by atomic mass is 19.1. The summed E-state index contributed by atoms with van der Waals surface area (Å²) < 4.78 is 19.2. The minimum absolute atomic E-state index is 0.0846. The van der Waals surface area contributed by atoms with E-state index in [9.17, 15) is 23.9 Å². The first-order chi connectivity index (χ1) is 15.9. The standard InChI is InChI=1S/C25H21FN2O5/c1-14(23(29)28-21-12-6-11-20(26)22(21)24(30)31)27-25(32)33-13-19-17-9-4-2-7-15(17)16-8-3-5-10-18(16)19/h2-12,14,19H,13H2,1H3,(H,27,32)(H,28,29)(H,30,31)/t14-/m0/s1. The van der Waals surface area contributed by atoms with Crippen molar-refractivity contribution in [3.05, 3.63) is 89.2 Å². The molecular formula is C25H21FN2O5. The number of hydrogen-bond acceptors (Lipinski definition) is 4. The summed E-state index contributed by atoms with van der Waals surface area (Å²) in [6, 6.07) is 18.3. The fourth-order valence-corrected chi connectivity index (χ4v) is 3.97. The lowest BCUT2D eigenvalue weighted by Crippen LogP contribution is -2.42. The van der Waals surface area contributed by atoms with Crippen LogP contribution < -0.4 is 10.6 Å². The van der Waals surface area contributed by atoms with Gasteiger partial charge in [0.05, 0.1) is 5.69 Å². The molecule has 4 rings (SSSR count). The van der Waals surface area contributed by atoms with E-state index in [1.807, 2.05) is 48.5 Å². The van der Waals surface area contributed by atoms with Crippen molar-refractivity contribution in [2.75, 3.05) is 11.9 Å². The van der Waals surface area contributed by atoms with E-state index in [-0.39, 0.29) is 18.2 Å². The van der Waals surface area contributed by atoms with E-state index in [0.29, 0.717) is 0 Å². The Morgan fingerprint density at radius 2 is 1.58 bits per heavy atom. The summed E-state index contributed by atoms with van der Waals surface area (Å²) in [7, 11) is 0. The molecule has 7 nitrogen and oxygen atoms in total. The molecule has 1 aliphatic carbocycles. The normalized spacial score (nSPS) is 12.9. The van der Waals surface area contributed by atoms with Gasteiger partial charge in [0.2, 0.25) is 5.91 Å². The van der Waals surface area contributed by atoms with Crippen LogP contribution in [0.4, 0.5) is 14.9 Å². The number of hydrogen-bond donors (Lipinski definition) is 3. The average Bonchev–Trinajstić information content (AvgIpc) is 3.11. The highest BCUT2D eigenvalue weighted by Crippen LogP contribution is 2.44. The summed E-state index contributed by atoms with van der Waals surface area (Å²) in [6.45, 7) is 1.50. The van der Waals surface area contributed by atoms with E-state index in [0.717, 1.165) is 28.3 Å². The molecule has 2 amide bonds. The molecule has 1 aliphatic rings. The Labute approximate surface area is 189 Å². The molecule has 1 atom stereocenters. The topological polar surface area (TPSA) is 105 Å². The van der Waals surface area contributed by atoms with Crippen LogP contribution in [0.3, 0.4) is 0 Å². The first kappa shape index (κ1) is 22.0. The SMILES string of the molecule is C[C@H](NC(=O)OCC1c2ccccc2-c2ccccc21)C(=O)Nc1cccc(F)c1C(=O)O. The number of amides is 2. The Morgan fingerprint density at radius 3 is 2.18 bits per heavy atom. The number of halogens is 1. The Balaban J connectivity index is 1.39. The van der Waals surface area contributed by atoms with Crippen LogP contribution in [0, 0.1) is 5.82 Å². The summed E-state index contributed by atoms with van der Waals surface area (Å²) in [5.74, 6) is -3.33. The molecule has 0 fully saturated rings. The van der Waals surface area contributed by atoms with E-state index in [2.05, 4.69) is 10.6 Å². The predicted molar refractivity (Wildman–Crippen MR) is 120 cm³/mol. The van der Waals surface area contributed by atoms with Gasteiger partial charge < -0.3 is 20.5 Å². The van der Waals surface area contributed by atoms with Crippen LogP contribution in [-0.4, -0.2) is 35.7 Å². The number of carbonyl (C=O) groups is 3. The van der Waals surface area contributed by atoms with E-state index in [1.54, 1.807) is 0 Å². The largest absolute Gasteiger partial charge is 0.478 e. The summed E-state index contributed by atoms with van der Waals surface area (Å²) in [5, 5.41) is 13.9. The van der Waals surface area contributed by atoms with Gasteiger partial charge in [0.25, 0.3) is 0 Å². The van der Waals surface area contributed by atoms with E-state index in [1.165, 1.54) is 19.1 Å². The fourth-order valence-electron chi connectivity index (χ4n) is 3.97. The second-order valence-electron chi connectivity index (χ2n) is 7.65. The molecule has 0 aliphatic heterocycles. The van der Waals surface area contributed by atoms with Crippen molar-refractivity contribution in [3.8, 4) is 11.1 Å². The molecule has 0 heterocycles. The maximum Gasteiger partial charge on any atom is 0.407 e. The first-order valence-corrected chi connectivity index (χ1v) is 10.3. The molecule has 8 heteroatoms. The third-order valence-corrected chi connectivity index (χ3v) is 5.56. The summed E-state index contributed by atoms with van der Waals surface area (Å²) in [6.07, 6.45) is -0.794. The molecular weight excluding hydrogens is 427 g/mol. The minimum Gasteiger partial charge on any atom is -0.478 e. The quantitative estimate of drug-likeness (QED) is 0.519. The second kappa shape index (κ2) is 9.12. The number of anilines is 1. The lowest BCUT2D eigenvalue weighted by molar-refractivity contribution is -0.117. The zero-order chi connectivity index (χ0) is 23.5. The van der Waals surface area contributed by atoms with Gasteiger partial charge in [-0.15, -0.1) is 0 Å². The predicted octanol–water partition coefficient (Wildman–Crippen LogP) is 4.39. The number of nitrogens with one attached hydrogen (secondary N) is 2. The van der Waals surface area contributed by atoms with E-state index in [4.69, 9.17) is 4.74 Å². The lowest BCUT2D eigenvalue weighted by atomic mass is 9.98. The number of benzene rings is 3. The molecule has 0 aromatic heterocycles. The molecule has 0 saturated carbocycles. The van der Waals surface area contributed by atoms with Gasteiger partial charge in [0.1, 0.15) is 24.0 Å². The number of carboxylic acids is 1.